The summed E-state index contributed by atoms with van der Waals surface area (Å²) in [5.41, 5.74) is 2.19. The fraction of sp³-hybridized carbons (Fsp3) is 0.308. The Labute approximate surface area is 100 Å². The fourth-order valence-electron chi connectivity index (χ4n) is 1.67. The molecule has 17 heavy (non-hydrogen) atoms. The SMILES string of the molecule is CON(C)C(=O)/C=C/c1ccc2c(c1)CCO2. The van der Waals surface area contributed by atoms with Gasteiger partial charge in [-0.3, -0.25) is 9.63 Å². The van der Waals surface area contributed by atoms with E-state index in [-0.39, 0.29) is 5.91 Å². The first-order valence-corrected chi connectivity index (χ1v) is 5.46. The number of rotatable bonds is 3. The molecule has 0 N–H and O–H groups in total. The predicted octanol–water partition coefficient (Wildman–Crippen LogP) is 1.65. The monoisotopic (exact) mass is 233 g/mol. The van der Waals surface area contributed by atoms with Crippen molar-refractivity contribution in [2.45, 2.75) is 6.42 Å². The molecule has 0 aromatic heterocycles. The number of hydroxylamine groups is 2. The van der Waals surface area contributed by atoms with E-state index in [0.29, 0.717) is 0 Å². The topological polar surface area (TPSA) is 38.8 Å². The molecule has 0 saturated heterocycles. The summed E-state index contributed by atoms with van der Waals surface area (Å²) in [7, 11) is 3.03. The van der Waals surface area contributed by atoms with E-state index in [1.165, 1.54) is 23.8 Å². The van der Waals surface area contributed by atoms with Crippen molar-refractivity contribution < 1.29 is 14.4 Å². The molecule has 0 radical (unpaired) electrons. The lowest BCUT2D eigenvalue weighted by molar-refractivity contribution is -0.162. The summed E-state index contributed by atoms with van der Waals surface area (Å²) in [6.07, 6.45) is 4.19. The first kappa shape index (κ1) is 11.7. The number of carbonyl (C=O) groups excluding carboxylic acids is 1. The summed E-state index contributed by atoms with van der Waals surface area (Å²) < 4.78 is 5.42. The standard InChI is InChI=1S/C13H15NO3/c1-14(16-2)13(15)6-4-10-3-5-12-11(9-10)7-8-17-12/h3-6,9H,7-8H2,1-2H3/b6-4+. The molecule has 1 amide bonds. The molecule has 1 aliphatic heterocycles. The van der Waals surface area contributed by atoms with Gasteiger partial charge in [0.15, 0.2) is 0 Å². The third-order valence-corrected chi connectivity index (χ3v) is 2.72. The summed E-state index contributed by atoms with van der Waals surface area (Å²) >= 11 is 0. The van der Waals surface area contributed by atoms with E-state index in [9.17, 15) is 4.79 Å². The van der Waals surface area contributed by atoms with Crippen molar-refractivity contribution in [3.8, 4) is 5.75 Å². The van der Waals surface area contributed by atoms with Crippen molar-refractivity contribution in [2.24, 2.45) is 0 Å². The largest absolute Gasteiger partial charge is 0.493 e. The highest BCUT2D eigenvalue weighted by atomic mass is 16.7. The molecule has 1 aromatic rings. The first-order valence-electron chi connectivity index (χ1n) is 5.46. The van der Waals surface area contributed by atoms with Crippen molar-refractivity contribution in [2.75, 3.05) is 20.8 Å². The highest BCUT2D eigenvalue weighted by molar-refractivity contribution is 5.90. The zero-order valence-electron chi connectivity index (χ0n) is 9.97. The zero-order chi connectivity index (χ0) is 12.3. The number of benzene rings is 1. The van der Waals surface area contributed by atoms with Crippen LogP contribution in [-0.2, 0) is 16.1 Å². The molecule has 0 unspecified atom stereocenters. The maximum absolute atomic E-state index is 11.5. The lowest BCUT2D eigenvalue weighted by Crippen LogP contribution is -2.22. The minimum atomic E-state index is -0.191. The van der Waals surface area contributed by atoms with Gasteiger partial charge in [0.2, 0.25) is 0 Å². The molecule has 1 heterocycles. The third-order valence-electron chi connectivity index (χ3n) is 2.72. The highest BCUT2D eigenvalue weighted by Crippen LogP contribution is 2.26. The molecule has 90 valence electrons. The highest BCUT2D eigenvalue weighted by Gasteiger charge is 2.11. The van der Waals surface area contributed by atoms with Gasteiger partial charge in [-0.05, 0) is 29.3 Å². The van der Waals surface area contributed by atoms with Crippen LogP contribution in [0.3, 0.4) is 0 Å². The molecule has 0 bridgehead atoms. The smallest absolute Gasteiger partial charge is 0.269 e. The average Bonchev–Trinajstić information content (AvgIpc) is 2.82. The van der Waals surface area contributed by atoms with Crippen LogP contribution >= 0.6 is 0 Å². The minimum absolute atomic E-state index is 0.191. The van der Waals surface area contributed by atoms with E-state index in [4.69, 9.17) is 9.57 Å². The van der Waals surface area contributed by atoms with E-state index in [2.05, 4.69) is 0 Å². The van der Waals surface area contributed by atoms with Crippen LogP contribution in [0, 0.1) is 0 Å². The van der Waals surface area contributed by atoms with Crippen molar-refractivity contribution in [3.63, 3.8) is 0 Å². The van der Waals surface area contributed by atoms with Crippen molar-refractivity contribution in [1.82, 2.24) is 5.06 Å². The van der Waals surface area contributed by atoms with Gasteiger partial charge in [0, 0.05) is 19.5 Å². The van der Waals surface area contributed by atoms with Crippen LogP contribution in [0.1, 0.15) is 11.1 Å². The second kappa shape index (κ2) is 5.01. The van der Waals surface area contributed by atoms with Crippen molar-refractivity contribution in [3.05, 3.63) is 35.4 Å². The first-order chi connectivity index (χ1) is 8.20. The second-order valence-corrected chi connectivity index (χ2v) is 3.82. The second-order valence-electron chi connectivity index (χ2n) is 3.82. The molecule has 0 aliphatic carbocycles. The molecule has 4 heteroatoms. The van der Waals surface area contributed by atoms with Crippen LogP contribution in [0.2, 0.25) is 0 Å². The van der Waals surface area contributed by atoms with Crippen LogP contribution < -0.4 is 4.74 Å². The predicted molar refractivity (Wildman–Crippen MR) is 64.5 cm³/mol. The summed E-state index contributed by atoms with van der Waals surface area (Å²) in [4.78, 5) is 16.3. The van der Waals surface area contributed by atoms with Gasteiger partial charge in [-0.15, -0.1) is 0 Å². The number of nitrogens with zero attached hydrogens (tertiary/aromatic N) is 1. The number of carbonyl (C=O) groups is 1. The van der Waals surface area contributed by atoms with Gasteiger partial charge in [-0.2, -0.15) is 0 Å². The van der Waals surface area contributed by atoms with Crippen molar-refractivity contribution in [1.29, 1.82) is 0 Å². The number of fused-ring (bicyclic) bond motifs is 1. The van der Waals surface area contributed by atoms with Gasteiger partial charge in [0.05, 0.1) is 13.7 Å². The third kappa shape index (κ3) is 2.65. The maximum Gasteiger partial charge on any atom is 0.269 e. The van der Waals surface area contributed by atoms with Crippen LogP contribution in [0.4, 0.5) is 0 Å². The Hall–Kier alpha value is -1.81. The van der Waals surface area contributed by atoms with E-state index < -0.39 is 0 Å². The Morgan fingerprint density at radius 1 is 1.53 bits per heavy atom. The van der Waals surface area contributed by atoms with Gasteiger partial charge in [-0.1, -0.05) is 6.07 Å². The number of hydrogen-bond donors (Lipinski definition) is 0. The Morgan fingerprint density at radius 3 is 3.12 bits per heavy atom. The van der Waals surface area contributed by atoms with Crippen molar-refractivity contribution >= 4 is 12.0 Å². The summed E-state index contributed by atoms with van der Waals surface area (Å²) in [6.45, 7) is 0.744. The van der Waals surface area contributed by atoms with Gasteiger partial charge in [0.1, 0.15) is 5.75 Å². The summed E-state index contributed by atoms with van der Waals surface area (Å²) in [5.74, 6) is 0.756. The minimum Gasteiger partial charge on any atom is -0.493 e. The zero-order valence-corrected chi connectivity index (χ0v) is 9.97. The maximum atomic E-state index is 11.5. The van der Waals surface area contributed by atoms with Gasteiger partial charge >= 0.3 is 0 Å². The molecular weight excluding hydrogens is 218 g/mol. The van der Waals surface area contributed by atoms with Crippen LogP contribution in [0.25, 0.3) is 6.08 Å². The van der Waals surface area contributed by atoms with Gasteiger partial charge in [-0.25, -0.2) is 5.06 Å². The fourth-order valence-corrected chi connectivity index (χ4v) is 1.67. The van der Waals surface area contributed by atoms with Gasteiger partial charge in [0.25, 0.3) is 5.91 Å². The van der Waals surface area contributed by atoms with Crippen LogP contribution in [0.5, 0.6) is 5.75 Å². The quantitative estimate of drug-likeness (QED) is 0.588. The van der Waals surface area contributed by atoms with Gasteiger partial charge < -0.3 is 4.74 Å². The molecule has 0 spiro atoms. The summed E-state index contributed by atoms with van der Waals surface area (Å²) in [6, 6.07) is 5.91. The molecule has 4 nitrogen and oxygen atoms in total. The molecule has 0 atom stereocenters. The lowest BCUT2D eigenvalue weighted by atomic mass is 10.1. The normalized spacial score (nSPS) is 13.5. The van der Waals surface area contributed by atoms with Crippen LogP contribution in [-0.4, -0.2) is 31.7 Å². The van der Waals surface area contributed by atoms with E-state index in [0.717, 1.165) is 24.3 Å². The molecule has 0 saturated carbocycles. The number of likely N-dealkylation sites (N-methyl/N-ethyl adjacent to an activating group) is 1. The molecule has 0 fully saturated rings. The van der Waals surface area contributed by atoms with E-state index >= 15 is 0 Å². The van der Waals surface area contributed by atoms with E-state index in [1.54, 1.807) is 13.1 Å². The lowest BCUT2D eigenvalue weighted by Gasteiger charge is -2.10. The Bertz CT molecular complexity index is 454. The number of hydrogen-bond acceptors (Lipinski definition) is 3. The molecule has 2 rings (SSSR count). The Balaban J connectivity index is 2.09. The molecule has 1 aliphatic rings. The van der Waals surface area contributed by atoms with E-state index in [1.807, 2.05) is 18.2 Å². The Kier molecular flexibility index (Phi) is 3.44. The number of ether oxygens (including phenoxy) is 1. The molecule has 1 aromatic carbocycles. The summed E-state index contributed by atoms with van der Waals surface area (Å²) in [5, 5.41) is 1.17. The average molecular weight is 233 g/mol. The molecular formula is C13H15NO3. The van der Waals surface area contributed by atoms with Crippen LogP contribution in [0.15, 0.2) is 24.3 Å². The number of amides is 1. The Morgan fingerprint density at radius 2 is 2.35 bits per heavy atom.